The Kier molecular flexibility index (Phi) is 12.3. The van der Waals surface area contributed by atoms with Gasteiger partial charge in [-0.3, -0.25) is 9.59 Å². The molecule has 0 aromatic heterocycles. The summed E-state index contributed by atoms with van der Waals surface area (Å²) in [5.41, 5.74) is -2.38. The molecular formula is C10H17O9Ti. The van der Waals surface area contributed by atoms with Gasteiger partial charge in [-0.05, 0) is 13.8 Å². The van der Waals surface area contributed by atoms with E-state index < -0.39 is 55.9 Å². The Bertz CT molecular complexity index is 344. The Hall–Kier alpha value is -1.16. The Morgan fingerprint density at radius 3 is 1.90 bits per heavy atom. The molecule has 0 aliphatic heterocycles. The number of carboxylic acid groups (broad SMARTS) is 1. The van der Waals surface area contributed by atoms with E-state index in [1.54, 1.807) is 6.92 Å². The summed E-state index contributed by atoms with van der Waals surface area (Å²) in [5.74, 6) is -3.41. The molecule has 0 spiro atoms. The van der Waals surface area contributed by atoms with Gasteiger partial charge in [0.05, 0.1) is 26.1 Å². The SMILES string of the molecule is CCOC(=O)CC(O)(CC(=O)O)C(=O)OCC.[O]=[Ti][OH]. The molecule has 0 aromatic rings. The zero-order valence-corrected chi connectivity index (χ0v) is 12.7. The Morgan fingerprint density at radius 1 is 1.10 bits per heavy atom. The van der Waals surface area contributed by atoms with Gasteiger partial charge < -0.3 is 19.7 Å². The van der Waals surface area contributed by atoms with Gasteiger partial charge in [-0.15, -0.1) is 0 Å². The first kappa shape index (κ1) is 21.1. The van der Waals surface area contributed by atoms with Crippen molar-refractivity contribution in [2.45, 2.75) is 32.3 Å². The number of aliphatic carboxylic acids is 1. The second-order valence-electron chi connectivity index (χ2n) is 3.40. The summed E-state index contributed by atoms with van der Waals surface area (Å²) in [7, 11) is 0. The summed E-state index contributed by atoms with van der Waals surface area (Å²) in [5, 5.41) is 18.4. The van der Waals surface area contributed by atoms with Gasteiger partial charge in [0.2, 0.25) is 0 Å². The Labute approximate surface area is 124 Å². The van der Waals surface area contributed by atoms with Crippen LogP contribution in [0.2, 0.25) is 0 Å². The quantitative estimate of drug-likeness (QED) is 0.396. The molecule has 0 aliphatic carbocycles. The first-order chi connectivity index (χ1) is 9.27. The van der Waals surface area contributed by atoms with E-state index in [1.165, 1.54) is 6.92 Å². The van der Waals surface area contributed by atoms with Crippen LogP contribution in [-0.2, 0) is 46.7 Å². The molecule has 0 fully saturated rings. The topological polar surface area (TPSA) is 147 Å². The summed E-state index contributed by atoms with van der Waals surface area (Å²) in [6, 6.07) is 0. The van der Waals surface area contributed by atoms with E-state index in [0.29, 0.717) is 0 Å². The molecule has 3 N–H and O–H groups in total. The van der Waals surface area contributed by atoms with E-state index in [9.17, 15) is 19.5 Å². The van der Waals surface area contributed by atoms with E-state index >= 15 is 0 Å². The number of aliphatic hydroxyl groups is 1. The monoisotopic (exact) mass is 329 g/mol. The van der Waals surface area contributed by atoms with Gasteiger partial charge >= 0.3 is 44.4 Å². The number of ether oxygens (including phenoxy) is 2. The van der Waals surface area contributed by atoms with Crippen molar-refractivity contribution in [2.75, 3.05) is 13.2 Å². The second kappa shape index (κ2) is 11.7. The van der Waals surface area contributed by atoms with Crippen LogP contribution in [0.1, 0.15) is 26.7 Å². The van der Waals surface area contributed by atoms with Gasteiger partial charge in [-0.1, -0.05) is 0 Å². The van der Waals surface area contributed by atoms with Crippen molar-refractivity contribution in [1.29, 1.82) is 0 Å². The minimum atomic E-state index is -2.38. The van der Waals surface area contributed by atoms with Gasteiger partial charge in [0.1, 0.15) is 0 Å². The number of carbonyl (C=O) groups excluding carboxylic acids is 2. The molecular weight excluding hydrogens is 312 g/mol. The number of esters is 2. The number of rotatable bonds is 7. The fourth-order valence-corrected chi connectivity index (χ4v) is 1.17. The fraction of sp³-hybridized carbons (Fsp3) is 0.700. The van der Waals surface area contributed by atoms with Gasteiger partial charge in [-0.25, -0.2) is 4.79 Å². The van der Waals surface area contributed by atoms with Gasteiger partial charge in [0.25, 0.3) is 0 Å². The van der Waals surface area contributed by atoms with Crippen molar-refractivity contribution in [3.8, 4) is 0 Å². The average molecular weight is 329 g/mol. The van der Waals surface area contributed by atoms with E-state index in [-0.39, 0.29) is 13.2 Å². The molecule has 9 nitrogen and oxygen atoms in total. The van der Waals surface area contributed by atoms with Gasteiger partial charge in [0.15, 0.2) is 5.60 Å². The zero-order valence-electron chi connectivity index (χ0n) is 11.1. The second-order valence-corrected chi connectivity index (χ2v) is 3.68. The molecule has 0 aromatic carbocycles. The molecule has 0 amide bonds. The number of carbonyl (C=O) groups is 3. The molecule has 0 rings (SSSR count). The molecule has 0 bridgehead atoms. The van der Waals surface area contributed by atoms with Crippen molar-refractivity contribution in [1.82, 2.24) is 0 Å². The van der Waals surface area contributed by atoms with Crippen molar-refractivity contribution >= 4 is 17.9 Å². The molecule has 0 radical (unpaired) electrons. The molecule has 20 heavy (non-hydrogen) atoms. The summed E-state index contributed by atoms with van der Waals surface area (Å²) < 4.78 is 24.8. The molecule has 10 heteroatoms. The summed E-state index contributed by atoms with van der Waals surface area (Å²) in [6.07, 6.45) is -1.66. The third-order valence-corrected chi connectivity index (χ3v) is 1.84. The fourth-order valence-electron chi connectivity index (χ4n) is 1.17. The van der Waals surface area contributed by atoms with E-state index in [0.717, 1.165) is 0 Å². The molecule has 0 saturated carbocycles. The summed E-state index contributed by atoms with van der Waals surface area (Å²) in [6.45, 7) is 3.11. The normalized spacial score (nSPS) is 12.0. The molecule has 115 valence electrons. The number of carboxylic acids is 1. The zero-order chi connectivity index (χ0) is 16.2. The Balaban J connectivity index is 0. The average Bonchev–Trinajstić information content (AvgIpc) is 2.29. The van der Waals surface area contributed by atoms with E-state index in [2.05, 4.69) is 9.47 Å². The van der Waals surface area contributed by atoms with E-state index in [1.807, 2.05) is 0 Å². The Morgan fingerprint density at radius 2 is 1.55 bits per heavy atom. The van der Waals surface area contributed by atoms with Crippen LogP contribution in [0.25, 0.3) is 0 Å². The van der Waals surface area contributed by atoms with Crippen LogP contribution >= 0.6 is 0 Å². The predicted octanol–water partition coefficient (Wildman–Crippen LogP) is -0.970. The predicted molar refractivity (Wildman–Crippen MR) is 58.0 cm³/mol. The summed E-state index contributed by atoms with van der Waals surface area (Å²) in [4.78, 5) is 33.1. The number of hydrogen-bond acceptors (Lipinski definition) is 7. The first-order valence-corrected chi connectivity index (χ1v) is 6.89. The molecule has 1 atom stereocenters. The third kappa shape index (κ3) is 9.73. The summed E-state index contributed by atoms with van der Waals surface area (Å²) >= 11 is -1.75. The van der Waals surface area contributed by atoms with Crippen LogP contribution in [0.4, 0.5) is 0 Å². The number of hydrogen-bond donors (Lipinski definition) is 3. The van der Waals surface area contributed by atoms with Crippen LogP contribution in [0.3, 0.4) is 0 Å². The molecule has 0 aliphatic rings. The maximum absolute atomic E-state index is 11.4. The van der Waals surface area contributed by atoms with Crippen molar-refractivity contribution in [2.24, 2.45) is 0 Å². The van der Waals surface area contributed by atoms with E-state index in [4.69, 9.17) is 12.1 Å². The van der Waals surface area contributed by atoms with Crippen molar-refractivity contribution < 1.29 is 60.6 Å². The third-order valence-electron chi connectivity index (χ3n) is 1.84. The maximum atomic E-state index is 11.4. The van der Waals surface area contributed by atoms with Crippen molar-refractivity contribution in [3.63, 3.8) is 0 Å². The molecule has 1 unspecified atom stereocenters. The van der Waals surface area contributed by atoms with Gasteiger partial charge in [-0.2, -0.15) is 0 Å². The van der Waals surface area contributed by atoms with Crippen LogP contribution in [-0.4, -0.2) is 50.6 Å². The van der Waals surface area contributed by atoms with Gasteiger partial charge in [0, 0.05) is 0 Å². The first-order valence-electron chi connectivity index (χ1n) is 5.55. The molecule has 0 heterocycles. The van der Waals surface area contributed by atoms with Crippen molar-refractivity contribution in [3.05, 3.63) is 0 Å². The van der Waals surface area contributed by atoms with Crippen LogP contribution in [0, 0.1) is 0 Å². The van der Waals surface area contributed by atoms with Crippen LogP contribution in [0.15, 0.2) is 0 Å². The standard InChI is InChI=1S/C10H16O7.H2O.O.Ti/c1-3-16-8(13)6-10(15,5-7(11)12)9(14)17-4-2;;;/h15H,3-6H2,1-2H3,(H,11,12);1H2;;/q;;;+1/p-1. The molecule has 0 saturated heterocycles. The minimum absolute atomic E-state index is 0.0242. The van der Waals surface area contributed by atoms with Crippen LogP contribution in [0.5, 0.6) is 0 Å². The van der Waals surface area contributed by atoms with Crippen LogP contribution < -0.4 is 0 Å².